The highest BCUT2D eigenvalue weighted by Crippen LogP contribution is 2.74. The largest absolute Gasteiger partial charge is 0.481 e. The Balaban J connectivity index is 1.74. The first-order valence-corrected chi connectivity index (χ1v) is 10.2. The predicted octanol–water partition coefficient (Wildman–Crippen LogP) is 4.79. The molecule has 4 rings (SSSR count). The number of fused-ring (bicyclic) bond motifs is 3. The minimum Gasteiger partial charge on any atom is -0.481 e. The molecule has 0 amide bonds. The zero-order valence-corrected chi connectivity index (χ0v) is 16.1. The van der Waals surface area contributed by atoms with Gasteiger partial charge in [0.25, 0.3) is 0 Å². The molecule has 4 fully saturated rings. The standard InChI is InChI=1S/C22H34O3/c1-14-12-21-10-6-16-19(3,13-18(23)24)8-5-9-20(16,4)17(21)7-11-22(14,25)15(21)2/h15-17,25H,1,5-13H2,2-4H3,(H,23,24)/t15-,16+,17-,19-,20+,21+,22+/m0/s1. The number of carbonyl (C=O) groups is 1. The van der Waals surface area contributed by atoms with Gasteiger partial charge in [0.1, 0.15) is 0 Å². The Morgan fingerprint density at radius 1 is 1.16 bits per heavy atom. The molecule has 4 saturated carbocycles. The van der Waals surface area contributed by atoms with E-state index in [9.17, 15) is 15.0 Å². The molecule has 3 heteroatoms. The number of aliphatic carboxylic acids is 1. The molecule has 4 aliphatic rings. The molecule has 0 radical (unpaired) electrons. The molecule has 0 saturated heterocycles. The second-order valence-corrected chi connectivity index (χ2v) is 10.4. The van der Waals surface area contributed by atoms with Crippen molar-refractivity contribution in [3.05, 3.63) is 12.2 Å². The molecule has 1 spiro atoms. The topological polar surface area (TPSA) is 57.5 Å². The highest BCUT2D eigenvalue weighted by Gasteiger charge is 2.69. The summed E-state index contributed by atoms with van der Waals surface area (Å²) in [6, 6.07) is 0. The van der Waals surface area contributed by atoms with Gasteiger partial charge in [0.05, 0.1) is 12.0 Å². The SMILES string of the molecule is C=C1C[C@@]23CC[C@@H]4[C@](C)(CC(=O)O)CCC[C@@]4(C)[C@@H]2CC[C@]1(O)[C@H]3C. The fraction of sp³-hybridized carbons (Fsp3) is 0.864. The molecule has 2 bridgehead atoms. The number of carboxylic acid groups (broad SMARTS) is 1. The van der Waals surface area contributed by atoms with Crippen molar-refractivity contribution < 1.29 is 15.0 Å². The van der Waals surface area contributed by atoms with E-state index in [1.807, 2.05) is 0 Å². The highest BCUT2D eigenvalue weighted by atomic mass is 16.4. The molecule has 7 atom stereocenters. The maximum atomic E-state index is 11.6. The third-order valence-corrected chi connectivity index (χ3v) is 9.59. The van der Waals surface area contributed by atoms with Crippen molar-refractivity contribution >= 4 is 5.97 Å². The van der Waals surface area contributed by atoms with Crippen LogP contribution in [0.1, 0.15) is 78.6 Å². The average molecular weight is 347 g/mol. The van der Waals surface area contributed by atoms with Crippen molar-refractivity contribution in [2.45, 2.75) is 84.2 Å². The molecule has 3 nitrogen and oxygen atoms in total. The first-order valence-electron chi connectivity index (χ1n) is 10.2. The minimum atomic E-state index is -0.654. The lowest BCUT2D eigenvalue weighted by Gasteiger charge is -2.66. The molecule has 0 aromatic rings. The minimum absolute atomic E-state index is 0.0763. The normalized spacial score (nSPS) is 54.7. The Kier molecular flexibility index (Phi) is 3.60. The maximum absolute atomic E-state index is 11.6. The molecule has 0 aliphatic heterocycles. The number of hydrogen-bond acceptors (Lipinski definition) is 2. The Labute approximate surface area is 151 Å². The van der Waals surface area contributed by atoms with Crippen LogP contribution in [0, 0.1) is 34.0 Å². The monoisotopic (exact) mass is 346 g/mol. The van der Waals surface area contributed by atoms with Gasteiger partial charge in [0.15, 0.2) is 0 Å². The van der Waals surface area contributed by atoms with E-state index >= 15 is 0 Å². The second kappa shape index (κ2) is 5.12. The third kappa shape index (κ3) is 2.05. The van der Waals surface area contributed by atoms with Crippen molar-refractivity contribution in [1.82, 2.24) is 0 Å². The van der Waals surface area contributed by atoms with Crippen LogP contribution in [0.25, 0.3) is 0 Å². The summed E-state index contributed by atoms with van der Waals surface area (Å²) in [5.41, 5.74) is 0.734. The first-order chi connectivity index (χ1) is 11.6. The van der Waals surface area contributed by atoms with Crippen LogP contribution in [0.5, 0.6) is 0 Å². The van der Waals surface area contributed by atoms with Gasteiger partial charge in [-0.2, -0.15) is 0 Å². The van der Waals surface area contributed by atoms with Crippen LogP contribution in [-0.4, -0.2) is 21.8 Å². The Morgan fingerprint density at radius 2 is 1.84 bits per heavy atom. The van der Waals surface area contributed by atoms with Gasteiger partial charge in [-0.15, -0.1) is 0 Å². The molecule has 0 heterocycles. The average Bonchev–Trinajstić information content (AvgIpc) is 2.62. The fourth-order valence-electron chi connectivity index (χ4n) is 8.50. The fourth-order valence-corrected chi connectivity index (χ4v) is 8.50. The van der Waals surface area contributed by atoms with Gasteiger partial charge in [0, 0.05) is 0 Å². The molecule has 140 valence electrons. The van der Waals surface area contributed by atoms with Gasteiger partial charge in [-0.3, -0.25) is 4.79 Å². The van der Waals surface area contributed by atoms with Gasteiger partial charge < -0.3 is 10.2 Å². The summed E-state index contributed by atoms with van der Waals surface area (Å²) in [6.45, 7) is 11.2. The van der Waals surface area contributed by atoms with E-state index in [1.165, 1.54) is 6.42 Å². The maximum Gasteiger partial charge on any atom is 0.303 e. The summed E-state index contributed by atoms with van der Waals surface area (Å²) in [5.74, 6) is 0.735. The van der Waals surface area contributed by atoms with Crippen LogP contribution < -0.4 is 0 Å². The summed E-state index contributed by atoms with van der Waals surface area (Å²) in [4.78, 5) is 11.6. The predicted molar refractivity (Wildman–Crippen MR) is 98.1 cm³/mol. The van der Waals surface area contributed by atoms with Crippen LogP contribution in [0.2, 0.25) is 0 Å². The molecule has 2 N–H and O–H groups in total. The van der Waals surface area contributed by atoms with E-state index in [0.717, 1.165) is 50.5 Å². The lowest BCUT2D eigenvalue weighted by molar-refractivity contribution is -0.190. The summed E-state index contributed by atoms with van der Waals surface area (Å²) in [5, 5.41) is 20.7. The van der Waals surface area contributed by atoms with Gasteiger partial charge >= 0.3 is 5.97 Å². The van der Waals surface area contributed by atoms with Crippen LogP contribution in [0.3, 0.4) is 0 Å². The number of rotatable bonds is 2. The smallest absolute Gasteiger partial charge is 0.303 e. The van der Waals surface area contributed by atoms with E-state index in [2.05, 4.69) is 27.4 Å². The second-order valence-electron chi connectivity index (χ2n) is 10.4. The van der Waals surface area contributed by atoms with E-state index in [1.54, 1.807) is 0 Å². The zero-order valence-electron chi connectivity index (χ0n) is 16.1. The summed E-state index contributed by atoms with van der Waals surface area (Å²) < 4.78 is 0. The summed E-state index contributed by atoms with van der Waals surface area (Å²) >= 11 is 0. The zero-order chi connectivity index (χ0) is 18.3. The quantitative estimate of drug-likeness (QED) is 0.707. The van der Waals surface area contributed by atoms with Crippen molar-refractivity contribution in [2.24, 2.45) is 34.0 Å². The Morgan fingerprint density at radius 3 is 2.52 bits per heavy atom. The summed E-state index contributed by atoms with van der Waals surface area (Å²) in [7, 11) is 0. The number of hydrogen-bond donors (Lipinski definition) is 2. The van der Waals surface area contributed by atoms with Gasteiger partial charge in [-0.05, 0) is 84.5 Å². The van der Waals surface area contributed by atoms with Gasteiger partial charge in [-0.1, -0.05) is 33.8 Å². The Hall–Kier alpha value is -0.830. The lowest BCUT2D eigenvalue weighted by Crippen LogP contribution is -2.60. The third-order valence-electron chi connectivity index (χ3n) is 9.59. The van der Waals surface area contributed by atoms with E-state index in [0.29, 0.717) is 18.3 Å². The summed E-state index contributed by atoms with van der Waals surface area (Å²) in [6.07, 6.45) is 8.87. The highest BCUT2D eigenvalue weighted by molar-refractivity contribution is 5.67. The van der Waals surface area contributed by atoms with Crippen LogP contribution in [0.15, 0.2) is 12.2 Å². The van der Waals surface area contributed by atoms with Gasteiger partial charge in [0.2, 0.25) is 0 Å². The Bertz CT molecular complexity index is 627. The van der Waals surface area contributed by atoms with E-state index in [-0.39, 0.29) is 22.2 Å². The first kappa shape index (κ1) is 17.6. The van der Waals surface area contributed by atoms with Crippen LogP contribution >= 0.6 is 0 Å². The van der Waals surface area contributed by atoms with E-state index in [4.69, 9.17) is 0 Å². The number of aliphatic hydroxyl groups is 1. The van der Waals surface area contributed by atoms with E-state index < -0.39 is 11.6 Å². The van der Waals surface area contributed by atoms with Crippen molar-refractivity contribution in [3.63, 3.8) is 0 Å². The molecule has 0 unspecified atom stereocenters. The molecule has 0 aromatic heterocycles. The lowest BCUT2D eigenvalue weighted by atomic mass is 9.39. The van der Waals surface area contributed by atoms with Crippen LogP contribution in [-0.2, 0) is 4.79 Å². The molecular weight excluding hydrogens is 312 g/mol. The van der Waals surface area contributed by atoms with Gasteiger partial charge in [-0.25, -0.2) is 0 Å². The molecule has 4 aliphatic carbocycles. The van der Waals surface area contributed by atoms with Crippen molar-refractivity contribution in [1.29, 1.82) is 0 Å². The molecular formula is C22H34O3. The molecule has 0 aromatic carbocycles. The number of carboxylic acids is 1. The van der Waals surface area contributed by atoms with Crippen molar-refractivity contribution in [3.8, 4) is 0 Å². The van der Waals surface area contributed by atoms with Crippen molar-refractivity contribution in [2.75, 3.05) is 0 Å². The van der Waals surface area contributed by atoms with Crippen LogP contribution in [0.4, 0.5) is 0 Å². The molecule has 25 heavy (non-hydrogen) atoms.